The molecule has 1 aliphatic carbocycles. The van der Waals surface area contributed by atoms with Gasteiger partial charge < -0.3 is 0 Å². The van der Waals surface area contributed by atoms with Crippen LogP contribution in [0.15, 0.2) is 66.2 Å². The predicted octanol–water partition coefficient (Wildman–Crippen LogP) is 9.05. The van der Waals surface area contributed by atoms with E-state index in [0.29, 0.717) is 22.3 Å². The van der Waals surface area contributed by atoms with Crippen LogP contribution in [0.2, 0.25) is 0 Å². The van der Waals surface area contributed by atoms with Crippen molar-refractivity contribution in [1.82, 2.24) is 0 Å². The van der Waals surface area contributed by atoms with E-state index in [1.54, 1.807) is 36.4 Å². The molecule has 0 fully saturated rings. The summed E-state index contributed by atoms with van der Waals surface area (Å²) < 4.78 is 81.5. The van der Waals surface area contributed by atoms with Gasteiger partial charge in [-0.2, -0.15) is 26.3 Å². The molecule has 0 heterocycles. The fourth-order valence-corrected chi connectivity index (χ4v) is 4.09. The third kappa shape index (κ3) is 4.56. The number of benzene rings is 3. The van der Waals surface area contributed by atoms with Gasteiger partial charge in [0.1, 0.15) is 0 Å². The van der Waals surface area contributed by atoms with E-state index in [2.05, 4.69) is 0 Å². The zero-order valence-electron chi connectivity index (χ0n) is 18.0. The van der Waals surface area contributed by atoms with E-state index in [1.165, 1.54) is 0 Å². The first-order valence-corrected chi connectivity index (χ1v) is 10.6. The fourth-order valence-electron chi connectivity index (χ4n) is 4.09. The van der Waals surface area contributed by atoms with Crippen molar-refractivity contribution in [3.05, 3.63) is 94.9 Å². The molecule has 1 atom stereocenters. The van der Waals surface area contributed by atoms with Gasteiger partial charge in [-0.3, -0.25) is 0 Å². The van der Waals surface area contributed by atoms with Crippen LogP contribution in [0.5, 0.6) is 0 Å². The molecule has 0 nitrogen and oxygen atoms in total. The molecule has 171 valence electrons. The minimum absolute atomic E-state index is 0.108. The highest BCUT2D eigenvalue weighted by Gasteiger charge is 2.37. The molecule has 3 aromatic rings. The molecule has 0 aromatic heterocycles. The van der Waals surface area contributed by atoms with Crippen LogP contribution in [-0.4, -0.2) is 0 Å². The van der Waals surface area contributed by atoms with Crippen LogP contribution in [0.4, 0.5) is 26.3 Å². The third-order valence-electron chi connectivity index (χ3n) is 6.05. The number of fused-ring (bicyclic) bond motifs is 1. The lowest BCUT2D eigenvalue weighted by Crippen LogP contribution is -2.11. The molecule has 1 unspecified atom stereocenters. The summed E-state index contributed by atoms with van der Waals surface area (Å²) in [6.07, 6.45) is -5.12. The van der Waals surface area contributed by atoms with E-state index >= 15 is 0 Å². The molecule has 4 rings (SSSR count). The second kappa shape index (κ2) is 8.40. The smallest absolute Gasteiger partial charge is 0.166 e. The van der Waals surface area contributed by atoms with Gasteiger partial charge in [0.2, 0.25) is 0 Å². The highest BCUT2D eigenvalue weighted by Crippen LogP contribution is 2.46. The Morgan fingerprint density at radius 2 is 1.36 bits per heavy atom. The summed E-state index contributed by atoms with van der Waals surface area (Å²) in [5.41, 5.74) is 1.33. The van der Waals surface area contributed by atoms with E-state index in [0.717, 1.165) is 29.7 Å². The SMILES string of the molecule is CCC(C)C1=Cc2c(ccc(-c3ccccc3)c2-c2cc(C(F)(F)F)cc(C(F)(F)F)c2)[CH]1. The van der Waals surface area contributed by atoms with Gasteiger partial charge in [0.25, 0.3) is 0 Å². The average molecular weight is 459 g/mol. The maximum absolute atomic E-state index is 13.6. The van der Waals surface area contributed by atoms with Gasteiger partial charge in [0.15, 0.2) is 0 Å². The van der Waals surface area contributed by atoms with E-state index in [-0.39, 0.29) is 17.5 Å². The van der Waals surface area contributed by atoms with Crippen LogP contribution in [0.3, 0.4) is 0 Å². The lowest BCUT2D eigenvalue weighted by molar-refractivity contribution is -0.143. The van der Waals surface area contributed by atoms with E-state index in [4.69, 9.17) is 0 Å². The first-order valence-electron chi connectivity index (χ1n) is 10.6. The van der Waals surface area contributed by atoms with Crippen molar-refractivity contribution >= 4 is 6.08 Å². The Hall–Kier alpha value is -3.02. The molecule has 0 N–H and O–H groups in total. The molecular formula is C27H21F6. The van der Waals surface area contributed by atoms with Crippen molar-refractivity contribution < 1.29 is 26.3 Å². The first-order chi connectivity index (χ1) is 15.5. The van der Waals surface area contributed by atoms with Crippen LogP contribution in [0.1, 0.15) is 42.5 Å². The minimum atomic E-state index is -4.91. The first kappa shape index (κ1) is 23.1. The zero-order chi connectivity index (χ0) is 24.0. The predicted molar refractivity (Wildman–Crippen MR) is 118 cm³/mol. The molecule has 3 aromatic carbocycles. The van der Waals surface area contributed by atoms with E-state index in [1.807, 2.05) is 32.4 Å². The second-order valence-corrected chi connectivity index (χ2v) is 8.25. The summed E-state index contributed by atoms with van der Waals surface area (Å²) in [6.45, 7) is 4.07. The molecule has 6 heteroatoms. The van der Waals surface area contributed by atoms with Gasteiger partial charge in [-0.1, -0.05) is 68.0 Å². The van der Waals surface area contributed by atoms with Crippen molar-refractivity contribution in [2.75, 3.05) is 0 Å². The Morgan fingerprint density at radius 3 is 1.91 bits per heavy atom. The maximum Gasteiger partial charge on any atom is 0.416 e. The van der Waals surface area contributed by atoms with Gasteiger partial charge in [-0.05, 0) is 63.9 Å². The molecule has 0 saturated heterocycles. The van der Waals surface area contributed by atoms with Crippen LogP contribution < -0.4 is 0 Å². The third-order valence-corrected chi connectivity index (χ3v) is 6.05. The number of allylic oxidation sites excluding steroid dienone is 1. The van der Waals surface area contributed by atoms with Crippen LogP contribution in [-0.2, 0) is 12.4 Å². The summed E-state index contributed by atoms with van der Waals surface area (Å²) >= 11 is 0. The Kier molecular flexibility index (Phi) is 5.89. The number of alkyl halides is 6. The van der Waals surface area contributed by atoms with E-state index in [9.17, 15) is 26.3 Å². The van der Waals surface area contributed by atoms with Crippen molar-refractivity contribution in [2.45, 2.75) is 32.6 Å². The second-order valence-electron chi connectivity index (χ2n) is 8.25. The molecule has 0 aliphatic heterocycles. The maximum atomic E-state index is 13.6. The summed E-state index contributed by atoms with van der Waals surface area (Å²) in [7, 11) is 0. The van der Waals surface area contributed by atoms with Crippen molar-refractivity contribution in [1.29, 1.82) is 0 Å². The number of halogens is 6. The van der Waals surface area contributed by atoms with Crippen molar-refractivity contribution in [3.8, 4) is 22.3 Å². The molecule has 0 amide bonds. The van der Waals surface area contributed by atoms with Gasteiger partial charge in [0.05, 0.1) is 11.1 Å². The van der Waals surface area contributed by atoms with Gasteiger partial charge in [-0.15, -0.1) is 0 Å². The van der Waals surface area contributed by atoms with Crippen LogP contribution in [0, 0.1) is 12.3 Å². The number of hydrogen-bond donors (Lipinski definition) is 0. The largest absolute Gasteiger partial charge is 0.416 e. The Bertz CT molecular complexity index is 1170. The lowest BCUT2D eigenvalue weighted by atomic mass is 9.87. The number of hydrogen-bond acceptors (Lipinski definition) is 0. The normalized spacial score (nSPS) is 14.7. The molecule has 1 radical (unpaired) electrons. The number of rotatable bonds is 4. The lowest BCUT2D eigenvalue weighted by Gasteiger charge is -2.19. The van der Waals surface area contributed by atoms with Gasteiger partial charge in [-0.25, -0.2) is 0 Å². The quantitative estimate of drug-likeness (QED) is 0.342. The highest BCUT2D eigenvalue weighted by molar-refractivity contribution is 5.94. The Morgan fingerprint density at radius 1 is 0.758 bits per heavy atom. The molecular weight excluding hydrogens is 438 g/mol. The van der Waals surface area contributed by atoms with Crippen LogP contribution >= 0.6 is 0 Å². The summed E-state index contributed by atoms with van der Waals surface area (Å²) in [6, 6.07) is 14.4. The van der Waals surface area contributed by atoms with Crippen molar-refractivity contribution in [2.24, 2.45) is 5.92 Å². The molecule has 33 heavy (non-hydrogen) atoms. The topological polar surface area (TPSA) is 0 Å². The standard InChI is InChI=1S/C27H21F6/c1-3-16(2)19-11-18-9-10-23(17-7-5-4-6-8-17)25(24(18)14-19)20-12-21(26(28,29)30)15-22(13-20)27(31,32)33/h4-16H,3H2,1-2H3. The summed E-state index contributed by atoms with van der Waals surface area (Å²) in [4.78, 5) is 0. The Balaban J connectivity index is 2.05. The zero-order valence-corrected chi connectivity index (χ0v) is 18.0. The minimum Gasteiger partial charge on any atom is -0.166 e. The summed E-state index contributed by atoms with van der Waals surface area (Å²) in [5, 5.41) is 0. The summed E-state index contributed by atoms with van der Waals surface area (Å²) in [5.74, 6) is 0.206. The molecule has 0 saturated carbocycles. The van der Waals surface area contributed by atoms with Crippen LogP contribution in [0.25, 0.3) is 28.3 Å². The Labute approximate surface area is 188 Å². The monoisotopic (exact) mass is 459 g/mol. The molecule has 1 aliphatic rings. The van der Waals surface area contributed by atoms with E-state index < -0.39 is 23.5 Å². The van der Waals surface area contributed by atoms with Gasteiger partial charge >= 0.3 is 12.4 Å². The molecule has 0 bridgehead atoms. The highest BCUT2D eigenvalue weighted by atomic mass is 19.4. The van der Waals surface area contributed by atoms with Crippen molar-refractivity contribution in [3.63, 3.8) is 0 Å². The average Bonchev–Trinajstić information content (AvgIpc) is 3.21. The fraction of sp³-hybridized carbons (Fsp3) is 0.222. The van der Waals surface area contributed by atoms with Gasteiger partial charge in [0, 0.05) is 6.42 Å². The molecule has 0 spiro atoms.